The van der Waals surface area contributed by atoms with Gasteiger partial charge in [-0.3, -0.25) is 9.59 Å². The molecule has 2 amide bonds. The molecule has 0 spiro atoms. The van der Waals surface area contributed by atoms with Crippen LogP contribution >= 0.6 is 0 Å². The topological polar surface area (TPSA) is 61.4 Å². The van der Waals surface area contributed by atoms with Crippen molar-refractivity contribution in [2.45, 2.75) is 45.4 Å². The summed E-state index contributed by atoms with van der Waals surface area (Å²) in [5.41, 5.74) is 0.134. The highest BCUT2D eigenvalue weighted by atomic mass is 19.1. The number of unbranched alkanes of at least 4 members (excludes halogenated alkanes) is 2. The van der Waals surface area contributed by atoms with Gasteiger partial charge in [0.15, 0.2) is 11.6 Å². The minimum atomic E-state index is -0.646. The van der Waals surface area contributed by atoms with Crippen molar-refractivity contribution >= 4 is 23.2 Å². The number of nitrogens with one attached hydrogen (secondary N) is 2. The van der Waals surface area contributed by atoms with Gasteiger partial charge in [0.25, 0.3) is 0 Å². The molecule has 1 saturated heterocycles. The quantitative estimate of drug-likeness (QED) is 0.706. The maximum absolute atomic E-state index is 14.2. The summed E-state index contributed by atoms with van der Waals surface area (Å²) in [7, 11) is 0. The predicted octanol–water partition coefficient (Wildman–Crippen LogP) is 3.20. The predicted molar refractivity (Wildman–Crippen MR) is 93.6 cm³/mol. The first-order valence-electron chi connectivity index (χ1n) is 8.75. The lowest BCUT2D eigenvalue weighted by molar-refractivity contribution is -0.119. The van der Waals surface area contributed by atoms with Crippen molar-refractivity contribution in [2.24, 2.45) is 0 Å². The van der Waals surface area contributed by atoms with E-state index in [-0.39, 0.29) is 29.6 Å². The molecule has 1 fully saturated rings. The highest BCUT2D eigenvalue weighted by Crippen LogP contribution is 2.29. The summed E-state index contributed by atoms with van der Waals surface area (Å²) in [6.07, 6.45) is 4.38. The van der Waals surface area contributed by atoms with E-state index in [1.807, 2.05) is 0 Å². The molecule has 1 heterocycles. The molecule has 2 N–H and O–H groups in total. The maximum Gasteiger partial charge on any atom is 0.224 e. The van der Waals surface area contributed by atoms with Gasteiger partial charge < -0.3 is 15.5 Å². The molecule has 1 aliphatic heterocycles. The molecule has 1 aliphatic rings. The molecule has 0 bridgehead atoms. The Morgan fingerprint density at radius 2 is 1.72 bits per heavy atom. The number of benzene rings is 1. The molecule has 7 heteroatoms. The van der Waals surface area contributed by atoms with Crippen LogP contribution in [0.4, 0.5) is 20.2 Å². The summed E-state index contributed by atoms with van der Waals surface area (Å²) >= 11 is 0. The Morgan fingerprint density at radius 1 is 1.08 bits per heavy atom. The van der Waals surface area contributed by atoms with Crippen molar-refractivity contribution in [3.63, 3.8) is 0 Å². The van der Waals surface area contributed by atoms with Gasteiger partial charge in [-0.25, -0.2) is 8.78 Å². The van der Waals surface area contributed by atoms with Gasteiger partial charge >= 0.3 is 0 Å². The Kier molecular flexibility index (Phi) is 7.16. The first-order valence-corrected chi connectivity index (χ1v) is 8.75. The number of anilines is 2. The van der Waals surface area contributed by atoms with Crippen molar-refractivity contribution in [1.82, 2.24) is 5.32 Å². The third-order valence-electron chi connectivity index (χ3n) is 4.18. The average Bonchev–Trinajstić information content (AvgIpc) is 3.03. The molecule has 1 aromatic carbocycles. The fourth-order valence-corrected chi connectivity index (χ4v) is 2.96. The van der Waals surface area contributed by atoms with Gasteiger partial charge in [-0.05, 0) is 37.8 Å². The highest BCUT2D eigenvalue weighted by molar-refractivity contribution is 5.90. The van der Waals surface area contributed by atoms with E-state index in [1.54, 1.807) is 4.90 Å². The smallest absolute Gasteiger partial charge is 0.224 e. The van der Waals surface area contributed by atoms with E-state index in [4.69, 9.17) is 0 Å². The molecule has 25 heavy (non-hydrogen) atoms. The van der Waals surface area contributed by atoms with E-state index in [9.17, 15) is 18.4 Å². The SMILES string of the molecule is CC(=O)NCCCCCC(=O)Nc1cc(F)c(N2CCCC2)c(F)c1. The first kappa shape index (κ1) is 19.1. The van der Waals surface area contributed by atoms with E-state index < -0.39 is 11.6 Å². The zero-order chi connectivity index (χ0) is 18.2. The number of halogens is 2. The Hall–Kier alpha value is -2.18. The van der Waals surface area contributed by atoms with Crippen LogP contribution in [-0.2, 0) is 9.59 Å². The van der Waals surface area contributed by atoms with E-state index >= 15 is 0 Å². The monoisotopic (exact) mass is 353 g/mol. The van der Waals surface area contributed by atoms with E-state index in [0.717, 1.165) is 25.7 Å². The first-order chi connectivity index (χ1) is 12.0. The minimum absolute atomic E-state index is 0.00605. The van der Waals surface area contributed by atoms with E-state index in [2.05, 4.69) is 10.6 Å². The Balaban J connectivity index is 1.79. The zero-order valence-electron chi connectivity index (χ0n) is 14.5. The van der Waals surface area contributed by atoms with E-state index in [1.165, 1.54) is 19.1 Å². The molecular weight excluding hydrogens is 328 g/mol. The summed E-state index contributed by atoms with van der Waals surface area (Å²) in [5.74, 6) is -1.63. The molecule has 5 nitrogen and oxygen atoms in total. The largest absolute Gasteiger partial charge is 0.367 e. The minimum Gasteiger partial charge on any atom is -0.367 e. The van der Waals surface area contributed by atoms with Crippen LogP contribution in [0, 0.1) is 11.6 Å². The molecule has 138 valence electrons. The van der Waals surface area contributed by atoms with Crippen molar-refractivity contribution in [3.05, 3.63) is 23.8 Å². The van der Waals surface area contributed by atoms with E-state index in [0.29, 0.717) is 26.1 Å². The number of carbonyl (C=O) groups excluding carboxylic acids is 2. The molecule has 0 saturated carbocycles. The normalized spacial score (nSPS) is 13.8. The van der Waals surface area contributed by atoms with Gasteiger partial charge in [0.05, 0.1) is 0 Å². The average molecular weight is 353 g/mol. The molecule has 0 aliphatic carbocycles. The fraction of sp³-hybridized carbons (Fsp3) is 0.556. The van der Waals surface area contributed by atoms with Crippen LogP contribution in [0.5, 0.6) is 0 Å². The molecular formula is C18H25F2N3O2. The lowest BCUT2D eigenvalue weighted by atomic mass is 10.1. The van der Waals surface area contributed by atoms with Crippen LogP contribution in [0.3, 0.4) is 0 Å². The molecule has 1 aromatic rings. The second kappa shape index (κ2) is 9.34. The Bertz CT molecular complexity index is 593. The van der Waals surface area contributed by atoms with Gasteiger partial charge in [0, 0.05) is 38.7 Å². The van der Waals surface area contributed by atoms with Crippen LogP contribution in [0.1, 0.15) is 45.4 Å². The summed E-state index contributed by atoms with van der Waals surface area (Å²) in [6.45, 7) is 3.35. The van der Waals surface area contributed by atoms with Crippen LogP contribution in [0.15, 0.2) is 12.1 Å². The second-order valence-electron chi connectivity index (χ2n) is 6.32. The third kappa shape index (κ3) is 5.99. The number of hydrogen-bond donors (Lipinski definition) is 2. The molecule has 0 unspecified atom stereocenters. The summed E-state index contributed by atoms with van der Waals surface area (Å²) < 4.78 is 28.4. The highest BCUT2D eigenvalue weighted by Gasteiger charge is 2.21. The van der Waals surface area contributed by atoms with Crippen LogP contribution < -0.4 is 15.5 Å². The van der Waals surface area contributed by atoms with Gasteiger partial charge in [0.1, 0.15) is 5.69 Å². The van der Waals surface area contributed by atoms with Crippen LogP contribution in [0.25, 0.3) is 0 Å². The van der Waals surface area contributed by atoms with Crippen molar-refractivity contribution in [1.29, 1.82) is 0 Å². The lowest BCUT2D eigenvalue weighted by Gasteiger charge is -2.19. The fourth-order valence-electron chi connectivity index (χ4n) is 2.96. The molecule has 2 rings (SSSR count). The van der Waals surface area contributed by atoms with Crippen LogP contribution in [0.2, 0.25) is 0 Å². The molecule has 0 atom stereocenters. The summed E-state index contributed by atoms with van der Waals surface area (Å²) in [5, 5.41) is 5.23. The summed E-state index contributed by atoms with van der Waals surface area (Å²) in [6, 6.07) is 2.34. The van der Waals surface area contributed by atoms with Gasteiger partial charge in [-0.15, -0.1) is 0 Å². The number of carbonyl (C=O) groups is 2. The van der Waals surface area contributed by atoms with Crippen molar-refractivity contribution in [3.8, 4) is 0 Å². The van der Waals surface area contributed by atoms with Gasteiger partial charge in [0.2, 0.25) is 11.8 Å². The zero-order valence-corrected chi connectivity index (χ0v) is 14.5. The number of nitrogens with zero attached hydrogens (tertiary/aromatic N) is 1. The van der Waals surface area contributed by atoms with Crippen molar-refractivity contribution in [2.75, 3.05) is 29.9 Å². The maximum atomic E-state index is 14.2. The van der Waals surface area contributed by atoms with Crippen molar-refractivity contribution < 1.29 is 18.4 Å². The van der Waals surface area contributed by atoms with Gasteiger partial charge in [-0.1, -0.05) is 6.42 Å². The van der Waals surface area contributed by atoms with Gasteiger partial charge in [-0.2, -0.15) is 0 Å². The third-order valence-corrected chi connectivity index (χ3v) is 4.18. The number of hydrogen-bond acceptors (Lipinski definition) is 3. The van der Waals surface area contributed by atoms with Crippen LogP contribution in [-0.4, -0.2) is 31.4 Å². The summed E-state index contributed by atoms with van der Waals surface area (Å²) in [4.78, 5) is 24.3. The lowest BCUT2D eigenvalue weighted by Crippen LogP contribution is -2.21. The Morgan fingerprint density at radius 3 is 2.32 bits per heavy atom. The molecule has 0 radical (unpaired) electrons. The number of amides is 2. The Labute approximate surface area is 146 Å². The number of rotatable bonds is 8. The standard InChI is InChI=1S/C18H25F2N3O2/c1-13(24)21-8-4-2-3-7-17(25)22-14-11-15(19)18(16(20)12-14)23-9-5-6-10-23/h11-12H,2-10H2,1H3,(H,21,24)(H,22,25). The second-order valence-corrected chi connectivity index (χ2v) is 6.32. The molecule has 0 aromatic heterocycles.